The Bertz CT molecular complexity index is 697. The zero-order valence-corrected chi connectivity index (χ0v) is 11.7. The molecule has 7 nitrogen and oxygen atoms in total. The van der Waals surface area contributed by atoms with Crippen molar-refractivity contribution in [1.82, 2.24) is 9.55 Å². The molecule has 0 bridgehead atoms. The highest BCUT2D eigenvalue weighted by atomic mass is 16.6. The normalized spacial score (nSPS) is 10.3. The van der Waals surface area contributed by atoms with E-state index in [0.29, 0.717) is 5.82 Å². The summed E-state index contributed by atoms with van der Waals surface area (Å²) in [4.78, 5) is 26.4. The van der Waals surface area contributed by atoms with E-state index in [9.17, 15) is 14.9 Å². The van der Waals surface area contributed by atoms with Crippen LogP contribution in [0.1, 0.15) is 18.9 Å². The number of nitrogens with one attached hydrogen (secondary N) is 1. The Labute approximate surface area is 121 Å². The number of anilines is 1. The lowest BCUT2D eigenvalue weighted by Crippen LogP contribution is -2.22. The minimum Gasteiger partial charge on any atom is -0.370 e. The van der Waals surface area contributed by atoms with E-state index in [1.54, 1.807) is 12.3 Å². The summed E-state index contributed by atoms with van der Waals surface area (Å²) >= 11 is 0. The van der Waals surface area contributed by atoms with Gasteiger partial charge in [0, 0.05) is 30.6 Å². The minimum absolute atomic E-state index is 0.237. The second kappa shape index (κ2) is 6.65. The van der Waals surface area contributed by atoms with Crippen molar-refractivity contribution >= 4 is 11.5 Å². The van der Waals surface area contributed by atoms with Crippen LogP contribution in [0.5, 0.6) is 0 Å². The number of rotatable bonds is 6. The first-order valence-corrected chi connectivity index (χ1v) is 6.65. The Morgan fingerprint density at radius 2 is 2.19 bits per heavy atom. The van der Waals surface area contributed by atoms with Gasteiger partial charge in [0.25, 0.3) is 0 Å². The smallest absolute Gasteiger partial charge is 0.334 e. The molecule has 7 heteroatoms. The molecule has 2 heterocycles. The van der Waals surface area contributed by atoms with Crippen molar-refractivity contribution in [2.24, 2.45) is 0 Å². The summed E-state index contributed by atoms with van der Waals surface area (Å²) in [6, 6.07) is 6.32. The molecule has 0 aromatic carbocycles. The molecule has 0 saturated carbocycles. The van der Waals surface area contributed by atoms with E-state index in [1.807, 2.05) is 13.0 Å². The minimum atomic E-state index is -0.668. The van der Waals surface area contributed by atoms with Gasteiger partial charge in [0.15, 0.2) is 0 Å². The molecule has 0 aliphatic rings. The van der Waals surface area contributed by atoms with Crippen LogP contribution < -0.4 is 10.9 Å². The summed E-state index contributed by atoms with van der Waals surface area (Å²) in [5.74, 6) is 0.692. The number of nitro groups is 1. The first-order valence-electron chi connectivity index (χ1n) is 6.65. The van der Waals surface area contributed by atoms with Crippen molar-refractivity contribution in [3.8, 4) is 0 Å². The Balaban J connectivity index is 2.33. The van der Waals surface area contributed by atoms with Crippen molar-refractivity contribution in [1.29, 1.82) is 0 Å². The predicted octanol–water partition coefficient (Wildman–Crippen LogP) is 2.02. The van der Waals surface area contributed by atoms with Gasteiger partial charge in [-0.3, -0.25) is 14.9 Å². The summed E-state index contributed by atoms with van der Waals surface area (Å²) in [6.07, 6.45) is 4.15. The quantitative estimate of drug-likeness (QED) is 0.648. The Morgan fingerprint density at radius 3 is 2.90 bits per heavy atom. The largest absolute Gasteiger partial charge is 0.370 e. The zero-order chi connectivity index (χ0) is 15.2. The zero-order valence-electron chi connectivity index (χ0n) is 11.7. The van der Waals surface area contributed by atoms with Gasteiger partial charge in [0.1, 0.15) is 5.82 Å². The highest BCUT2D eigenvalue weighted by Gasteiger charge is 2.14. The lowest BCUT2D eigenvalue weighted by Gasteiger charge is -2.11. The average Bonchev–Trinajstić information content (AvgIpc) is 2.48. The Hall–Kier alpha value is -2.70. The monoisotopic (exact) mass is 288 g/mol. The van der Waals surface area contributed by atoms with Crippen LogP contribution in [0.2, 0.25) is 0 Å². The van der Waals surface area contributed by atoms with Gasteiger partial charge >= 0.3 is 11.2 Å². The van der Waals surface area contributed by atoms with Crippen LogP contribution >= 0.6 is 0 Å². The molecule has 0 radical (unpaired) electrons. The van der Waals surface area contributed by atoms with Gasteiger partial charge in [0.2, 0.25) is 0 Å². The molecule has 2 aromatic rings. The maximum absolute atomic E-state index is 12.0. The fourth-order valence-electron chi connectivity index (χ4n) is 1.94. The molecule has 1 N–H and O–H groups in total. The van der Waals surface area contributed by atoms with Crippen molar-refractivity contribution in [3.05, 3.63) is 62.7 Å². The molecular weight excluding hydrogens is 272 g/mol. The topological polar surface area (TPSA) is 90.1 Å². The van der Waals surface area contributed by atoms with E-state index in [1.165, 1.54) is 22.9 Å². The van der Waals surface area contributed by atoms with Crippen LogP contribution in [-0.4, -0.2) is 21.0 Å². The second-order valence-electron chi connectivity index (χ2n) is 4.52. The van der Waals surface area contributed by atoms with E-state index in [0.717, 1.165) is 18.5 Å². The third-order valence-electron chi connectivity index (χ3n) is 2.97. The van der Waals surface area contributed by atoms with Gasteiger partial charge in [-0.2, -0.15) is 0 Å². The summed E-state index contributed by atoms with van der Waals surface area (Å²) < 4.78 is 1.31. The molecule has 2 aromatic heterocycles. The van der Waals surface area contributed by atoms with Crippen molar-refractivity contribution < 1.29 is 4.92 Å². The standard InChI is InChI=1S/C14H16N4O3/c1-2-7-15-13-11(5-3-8-16-13)10-17-9-4-6-12(14(17)19)18(20)21/h3-6,8-9H,2,7,10H2,1H3,(H,15,16). The molecular formula is C14H16N4O3. The van der Waals surface area contributed by atoms with Gasteiger partial charge in [-0.05, 0) is 18.6 Å². The van der Waals surface area contributed by atoms with Crippen LogP contribution in [0.25, 0.3) is 0 Å². The third kappa shape index (κ3) is 3.44. The SMILES string of the molecule is CCCNc1ncccc1Cn1cccc([N+](=O)[O-])c1=O. The summed E-state index contributed by atoms with van der Waals surface area (Å²) in [5.41, 5.74) is -0.231. The molecule has 110 valence electrons. The van der Waals surface area contributed by atoms with Crippen molar-refractivity contribution in [2.45, 2.75) is 19.9 Å². The van der Waals surface area contributed by atoms with Crippen molar-refractivity contribution in [2.75, 3.05) is 11.9 Å². The number of pyridine rings is 2. The van der Waals surface area contributed by atoms with E-state index in [-0.39, 0.29) is 6.54 Å². The van der Waals surface area contributed by atoms with Crippen LogP contribution in [0.4, 0.5) is 11.5 Å². The van der Waals surface area contributed by atoms with Crippen LogP contribution in [-0.2, 0) is 6.54 Å². The van der Waals surface area contributed by atoms with E-state index in [4.69, 9.17) is 0 Å². The molecule has 21 heavy (non-hydrogen) atoms. The molecule has 0 aliphatic heterocycles. The van der Waals surface area contributed by atoms with E-state index < -0.39 is 16.2 Å². The Kier molecular flexibility index (Phi) is 4.65. The first kappa shape index (κ1) is 14.7. The third-order valence-corrected chi connectivity index (χ3v) is 2.97. The fourth-order valence-corrected chi connectivity index (χ4v) is 1.94. The predicted molar refractivity (Wildman–Crippen MR) is 79.5 cm³/mol. The molecule has 0 aliphatic carbocycles. The van der Waals surface area contributed by atoms with E-state index >= 15 is 0 Å². The molecule has 0 saturated heterocycles. The lowest BCUT2D eigenvalue weighted by molar-refractivity contribution is -0.386. The lowest BCUT2D eigenvalue weighted by atomic mass is 10.2. The van der Waals surface area contributed by atoms with Gasteiger partial charge in [0.05, 0.1) is 11.5 Å². The van der Waals surface area contributed by atoms with Crippen LogP contribution in [0, 0.1) is 10.1 Å². The molecule has 0 atom stereocenters. The number of hydrogen-bond acceptors (Lipinski definition) is 5. The van der Waals surface area contributed by atoms with Gasteiger partial charge in [-0.15, -0.1) is 0 Å². The summed E-state index contributed by atoms with van der Waals surface area (Å²) in [6.45, 7) is 3.05. The van der Waals surface area contributed by atoms with Gasteiger partial charge < -0.3 is 9.88 Å². The molecule has 0 amide bonds. The number of aromatic nitrogens is 2. The highest BCUT2D eigenvalue weighted by molar-refractivity contribution is 5.44. The maximum atomic E-state index is 12.0. The maximum Gasteiger partial charge on any atom is 0.334 e. The average molecular weight is 288 g/mol. The molecule has 0 unspecified atom stereocenters. The molecule has 0 fully saturated rings. The number of hydrogen-bond donors (Lipinski definition) is 1. The van der Waals surface area contributed by atoms with Gasteiger partial charge in [-0.1, -0.05) is 13.0 Å². The summed E-state index contributed by atoms with van der Waals surface area (Å²) in [7, 11) is 0. The van der Waals surface area contributed by atoms with E-state index in [2.05, 4.69) is 10.3 Å². The molecule has 0 spiro atoms. The summed E-state index contributed by atoms with van der Waals surface area (Å²) in [5, 5.41) is 14.0. The van der Waals surface area contributed by atoms with Crippen molar-refractivity contribution in [3.63, 3.8) is 0 Å². The fraction of sp³-hybridized carbons (Fsp3) is 0.286. The first-order chi connectivity index (χ1) is 10.1. The van der Waals surface area contributed by atoms with Crippen LogP contribution in [0.3, 0.4) is 0 Å². The number of nitrogens with zero attached hydrogens (tertiary/aromatic N) is 3. The second-order valence-corrected chi connectivity index (χ2v) is 4.52. The van der Waals surface area contributed by atoms with Gasteiger partial charge in [-0.25, -0.2) is 4.98 Å². The highest BCUT2D eigenvalue weighted by Crippen LogP contribution is 2.13. The Morgan fingerprint density at radius 1 is 1.38 bits per heavy atom. The molecule has 2 rings (SSSR count). The van der Waals surface area contributed by atoms with Crippen LogP contribution in [0.15, 0.2) is 41.5 Å².